The lowest BCUT2D eigenvalue weighted by atomic mass is 10.1. The molecule has 0 heterocycles. The fourth-order valence-corrected chi connectivity index (χ4v) is 1.77. The molecule has 0 fully saturated rings. The summed E-state index contributed by atoms with van der Waals surface area (Å²) in [5, 5.41) is 13.0. The van der Waals surface area contributed by atoms with Crippen molar-refractivity contribution in [3.8, 4) is 0 Å². The largest absolute Gasteiger partial charge is 0.480 e. The number of nitrogens with one attached hydrogen (secondary N) is 2. The normalized spacial score (nSPS) is 9.86. The number of amides is 3. The van der Waals surface area contributed by atoms with Crippen LogP contribution in [0.2, 0.25) is 0 Å². The van der Waals surface area contributed by atoms with Crippen molar-refractivity contribution in [3.05, 3.63) is 29.3 Å². The van der Waals surface area contributed by atoms with Crippen LogP contribution in [0.5, 0.6) is 0 Å². The fraction of sp³-hybridized carbons (Fsp3) is 0.357. The third-order valence-corrected chi connectivity index (χ3v) is 2.74. The smallest absolute Gasteiger partial charge is 0.322 e. The molecule has 21 heavy (non-hydrogen) atoms. The minimum absolute atomic E-state index is 0.277. The molecule has 0 aliphatic rings. The van der Waals surface area contributed by atoms with Gasteiger partial charge in [-0.15, -0.1) is 0 Å². The average Bonchev–Trinajstić information content (AvgIpc) is 2.40. The predicted molar refractivity (Wildman–Crippen MR) is 78.4 cm³/mol. The highest BCUT2D eigenvalue weighted by molar-refractivity contribution is 5.94. The zero-order chi connectivity index (χ0) is 16.0. The summed E-state index contributed by atoms with van der Waals surface area (Å²) in [4.78, 5) is 34.9. The van der Waals surface area contributed by atoms with Crippen molar-refractivity contribution in [2.75, 3.05) is 25.0 Å². The van der Waals surface area contributed by atoms with E-state index in [0.717, 1.165) is 16.8 Å². The third kappa shape index (κ3) is 5.52. The van der Waals surface area contributed by atoms with E-state index in [0.29, 0.717) is 0 Å². The Morgan fingerprint density at radius 1 is 1.05 bits per heavy atom. The Labute approximate surface area is 122 Å². The standard InChI is InChI=1S/C14H19N3O4/c1-9-4-10(2)6-11(5-9)17(3)14(21)16-7-12(18)15-8-13(19)20/h4-6H,7-8H2,1-3H3,(H,15,18)(H,16,21)(H,19,20). The molecule has 0 aromatic heterocycles. The molecule has 3 amide bonds. The topological polar surface area (TPSA) is 98.7 Å². The molecule has 0 spiro atoms. The summed E-state index contributed by atoms with van der Waals surface area (Å²) in [5.74, 6) is -1.69. The van der Waals surface area contributed by atoms with Gasteiger partial charge < -0.3 is 15.7 Å². The van der Waals surface area contributed by atoms with Gasteiger partial charge in [0, 0.05) is 12.7 Å². The highest BCUT2D eigenvalue weighted by Gasteiger charge is 2.13. The first-order chi connectivity index (χ1) is 9.79. The molecular weight excluding hydrogens is 274 g/mol. The van der Waals surface area contributed by atoms with Crippen LogP contribution in [-0.2, 0) is 9.59 Å². The summed E-state index contributed by atoms with van der Waals surface area (Å²) in [7, 11) is 1.60. The highest BCUT2D eigenvalue weighted by Crippen LogP contribution is 2.17. The molecule has 1 aromatic carbocycles. The van der Waals surface area contributed by atoms with E-state index in [-0.39, 0.29) is 6.54 Å². The van der Waals surface area contributed by atoms with Crippen LogP contribution in [0.1, 0.15) is 11.1 Å². The number of carboxylic acids is 1. The van der Waals surface area contributed by atoms with Gasteiger partial charge in [0.1, 0.15) is 6.54 Å². The van der Waals surface area contributed by atoms with Gasteiger partial charge in [-0.3, -0.25) is 14.5 Å². The molecule has 0 saturated carbocycles. The number of hydrogen-bond acceptors (Lipinski definition) is 3. The molecule has 3 N–H and O–H groups in total. The second-order valence-corrected chi connectivity index (χ2v) is 4.73. The fourth-order valence-electron chi connectivity index (χ4n) is 1.77. The van der Waals surface area contributed by atoms with E-state index in [9.17, 15) is 14.4 Å². The van der Waals surface area contributed by atoms with Crippen molar-refractivity contribution < 1.29 is 19.5 Å². The third-order valence-electron chi connectivity index (χ3n) is 2.74. The molecule has 0 atom stereocenters. The Balaban J connectivity index is 2.55. The van der Waals surface area contributed by atoms with E-state index in [4.69, 9.17) is 5.11 Å². The number of anilines is 1. The van der Waals surface area contributed by atoms with Crippen molar-refractivity contribution in [1.82, 2.24) is 10.6 Å². The van der Waals surface area contributed by atoms with Crippen LogP contribution in [0.4, 0.5) is 10.5 Å². The van der Waals surface area contributed by atoms with Crippen molar-refractivity contribution in [2.45, 2.75) is 13.8 Å². The number of rotatable bonds is 5. The number of carboxylic acid groups (broad SMARTS) is 1. The average molecular weight is 293 g/mol. The number of carbonyl (C=O) groups is 3. The molecule has 0 aliphatic heterocycles. The van der Waals surface area contributed by atoms with Gasteiger partial charge in [-0.25, -0.2) is 4.79 Å². The van der Waals surface area contributed by atoms with Crippen molar-refractivity contribution in [3.63, 3.8) is 0 Å². The summed E-state index contributed by atoms with van der Waals surface area (Å²) < 4.78 is 0. The van der Waals surface area contributed by atoms with Gasteiger partial charge in [0.05, 0.1) is 6.54 Å². The van der Waals surface area contributed by atoms with Gasteiger partial charge in [-0.1, -0.05) is 6.07 Å². The van der Waals surface area contributed by atoms with Crippen molar-refractivity contribution in [1.29, 1.82) is 0 Å². The second-order valence-electron chi connectivity index (χ2n) is 4.73. The van der Waals surface area contributed by atoms with Crippen LogP contribution in [0.25, 0.3) is 0 Å². The van der Waals surface area contributed by atoms with Gasteiger partial charge >= 0.3 is 12.0 Å². The summed E-state index contributed by atoms with van der Waals surface area (Å²) >= 11 is 0. The number of benzene rings is 1. The number of hydrogen-bond donors (Lipinski definition) is 3. The first kappa shape index (κ1) is 16.5. The molecular formula is C14H19N3O4. The molecule has 0 radical (unpaired) electrons. The number of carbonyl (C=O) groups excluding carboxylic acids is 2. The molecule has 0 unspecified atom stereocenters. The second kappa shape index (κ2) is 7.28. The summed E-state index contributed by atoms with van der Waals surface area (Å²) in [6.07, 6.45) is 0. The Morgan fingerprint density at radius 3 is 2.14 bits per heavy atom. The zero-order valence-corrected chi connectivity index (χ0v) is 12.3. The monoisotopic (exact) mass is 293 g/mol. The van der Waals surface area contributed by atoms with Crippen LogP contribution in [-0.4, -0.2) is 43.2 Å². The zero-order valence-electron chi connectivity index (χ0n) is 12.3. The van der Waals surface area contributed by atoms with E-state index in [1.54, 1.807) is 7.05 Å². The first-order valence-electron chi connectivity index (χ1n) is 6.38. The van der Waals surface area contributed by atoms with Crippen molar-refractivity contribution >= 4 is 23.6 Å². The van der Waals surface area contributed by atoms with E-state index in [1.807, 2.05) is 32.0 Å². The molecule has 114 valence electrons. The first-order valence-corrected chi connectivity index (χ1v) is 6.38. The quantitative estimate of drug-likeness (QED) is 0.742. The number of aliphatic carboxylic acids is 1. The molecule has 0 aliphatic carbocycles. The molecule has 0 saturated heterocycles. The lowest BCUT2D eigenvalue weighted by molar-refractivity contribution is -0.137. The molecule has 1 rings (SSSR count). The molecule has 7 nitrogen and oxygen atoms in total. The van der Waals surface area contributed by atoms with Gasteiger partial charge in [-0.2, -0.15) is 0 Å². The van der Waals surface area contributed by atoms with Gasteiger partial charge in [-0.05, 0) is 37.1 Å². The van der Waals surface area contributed by atoms with Crippen LogP contribution in [0, 0.1) is 13.8 Å². The summed E-state index contributed by atoms with van der Waals surface area (Å²) in [5.41, 5.74) is 2.78. The van der Waals surface area contributed by atoms with Crippen LogP contribution >= 0.6 is 0 Å². The van der Waals surface area contributed by atoms with E-state index >= 15 is 0 Å². The van der Waals surface area contributed by atoms with Crippen LogP contribution in [0.3, 0.4) is 0 Å². The lowest BCUT2D eigenvalue weighted by Gasteiger charge is -2.19. The van der Waals surface area contributed by atoms with Gasteiger partial charge in [0.25, 0.3) is 0 Å². The number of urea groups is 1. The van der Waals surface area contributed by atoms with Crippen molar-refractivity contribution in [2.24, 2.45) is 0 Å². The molecule has 7 heteroatoms. The van der Waals surface area contributed by atoms with E-state index in [2.05, 4.69) is 10.6 Å². The minimum atomic E-state index is -1.14. The van der Waals surface area contributed by atoms with E-state index in [1.165, 1.54) is 4.90 Å². The SMILES string of the molecule is Cc1cc(C)cc(N(C)C(=O)NCC(=O)NCC(=O)O)c1. The number of aryl methyl sites for hydroxylation is 2. The van der Waals surface area contributed by atoms with Crippen LogP contribution in [0.15, 0.2) is 18.2 Å². The Morgan fingerprint density at radius 2 is 1.62 bits per heavy atom. The highest BCUT2D eigenvalue weighted by atomic mass is 16.4. The Bertz CT molecular complexity index is 537. The predicted octanol–water partition coefficient (Wildman–Crippen LogP) is 0.650. The molecule has 1 aromatic rings. The van der Waals surface area contributed by atoms with Gasteiger partial charge in [0.2, 0.25) is 5.91 Å². The maximum absolute atomic E-state index is 11.9. The maximum atomic E-state index is 11.9. The summed E-state index contributed by atoms with van der Waals surface area (Å²) in [6, 6.07) is 5.27. The Hall–Kier alpha value is -2.57. The Kier molecular flexibility index (Phi) is 5.71. The minimum Gasteiger partial charge on any atom is -0.480 e. The lowest BCUT2D eigenvalue weighted by Crippen LogP contribution is -2.43. The van der Waals surface area contributed by atoms with Gasteiger partial charge in [0.15, 0.2) is 0 Å². The number of nitrogens with zero attached hydrogens (tertiary/aromatic N) is 1. The summed E-state index contributed by atoms with van der Waals surface area (Å²) in [6.45, 7) is 3.12. The van der Waals surface area contributed by atoms with Crippen LogP contribution < -0.4 is 15.5 Å². The van der Waals surface area contributed by atoms with E-state index < -0.39 is 24.5 Å². The molecule has 0 bridgehead atoms. The maximum Gasteiger partial charge on any atom is 0.322 e.